The van der Waals surface area contributed by atoms with Crippen molar-refractivity contribution >= 4 is 11.6 Å². The van der Waals surface area contributed by atoms with Crippen molar-refractivity contribution in [2.24, 2.45) is 22.7 Å². The highest BCUT2D eigenvalue weighted by atomic mass is 19.1. The Labute approximate surface area is 189 Å². The SMILES string of the molecule is CC[C@H]1OC(C)(C)O[C@@]1(C(=O)CO)[C@]1(C)C[C@@H]2C[C@H](F)C3=CC(=O)CC[C@]3(C)C2[C@@H](O)C1. The van der Waals surface area contributed by atoms with E-state index in [2.05, 4.69) is 0 Å². The number of aliphatic hydroxyl groups excluding tert-OH is 2. The Kier molecular flexibility index (Phi) is 5.76. The third-order valence-corrected chi connectivity index (χ3v) is 8.86. The van der Waals surface area contributed by atoms with Gasteiger partial charge in [0.1, 0.15) is 12.8 Å². The van der Waals surface area contributed by atoms with Crippen LogP contribution in [0.3, 0.4) is 0 Å². The van der Waals surface area contributed by atoms with Crippen molar-refractivity contribution in [3.05, 3.63) is 11.6 Å². The molecule has 2 N–H and O–H groups in total. The summed E-state index contributed by atoms with van der Waals surface area (Å²) in [6, 6.07) is 0. The quantitative estimate of drug-likeness (QED) is 0.680. The molecule has 2 saturated carbocycles. The topological polar surface area (TPSA) is 93.1 Å². The number of Topliss-reactive ketones (excluding diaryl/α,β-unsaturated/α-hetero) is 1. The second-order valence-electron chi connectivity index (χ2n) is 11.3. The average molecular weight is 453 g/mol. The Bertz CT molecular complexity index is 838. The van der Waals surface area contributed by atoms with Crippen LogP contribution in [0, 0.1) is 22.7 Å². The Hall–Kier alpha value is -1.15. The minimum absolute atomic E-state index is 0.0502. The molecule has 0 radical (unpaired) electrons. The minimum Gasteiger partial charge on any atom is -0.393 e. The molecule has 0 aromatic heterocycles. The highest BCUT2D eigenvalue weighted by Gasteiger charge is 2.69. The van der Waals surface area contributed by atoms with Crippen molar-refractivity contribution in [3.63, 3.8) is 0 Å². The first kappa shape index (κ1) is 24.0. The predicted molar refractivity (Wildman–Crippen MR) is 115 cm³/mol. The van der Waals surface area contributed by atoms with Gasteiger partial charge >= 0.3 is 0 Å². The molecule has 0 aromatic rings. The second kappa shape index (κ2) is 7.69. The Balaban J connectivity index is 1.77. The molecular formula is C25H37FO6. The zero-order chi connectivity index (χ0) is 23.7. The molecule has 8 atom stereocenters. The van der Waals surface area contributed by atoms with Gasteiger partial charge in [0.05, 0.1) is 12.2 Å². The molecule has 0 amide bonds. The highest BCUT2D eigenvalue weighted by Crippen LogP contribution is 2.64. The van der Waals surface area contributed by atoms with Gasteiger partial charge in [0.15, 0.2) is 23.0 Å². The first-order valence-electron chi connectivity index (χ1n) is 11.9. The second-order valence-corrected chi connectivity index (χ2v) is 11.3. The molecule has 4 aliphatic rings. The van der Waals surface area contributed by atoms with E-state index in [9.17, 15) is 19.8 Å². The van der Waals surface area contributed by atoms with Crippen LogP contribution in [0.5, 0.6) is 0 Å². The van der Waals surface area contributed by atoms with Gasteiger partial charge in [-0.15, -0.1) is 0 Å². The largest absolute Gasteiger partial charge is 0.393 e. The van der Waals surface area contributed by atoms with Gasteiger partial charge in [-0.05, 0) is 74.9 Å². The summed E-state index contributed by atoms with van der Waals surface area (Å²) >= 11 is 0. The standard InChI is InChI=1S/C25H37FO6/c1-6-20-25(19(30)13-27,32-22(2,3)31-20)23(4)11-14-9-17(26)16-10-15(28)7-8-24(16,5)21(14)18(29)12-23/h10,14,17-18,20-21,27,29H,6-9,11-13H2,1-5H3/t14-,17-,18-,20+,21?,23+,24-,25+/m0/s1. The van der Waals surface area contributed by atoms with E-state index in [4.69, 9.17) is 9.47 Å². The average Bonchev–Trinajstić information content (AvgIpc) is 3.00. The minimum atomic E-state index is -1.42. The monoisotopic (exact) mass is 452 g/mol. The number of allylic oxidation sites excluding steroid dienone is 2. The lowest BCUT2D eigenvalue weighted by molar-refractivity contribution is -0.216. The van der Waals surface area contributed by atoms with Crippen LogP contribution in [0.1, 0.15) is 73.1 Å². The molecule has 180 valence electrons. The van der Waals surface area contributed by atoms with Crippen LogP contribution in [0.2, 0.25) is 0 Å². The number of aliphatic hydroxyl groups is 2. The number of fused-ring (bicyclic) bond motifs is 3. The molecule has 1 saturated heterocycles. The maximum atomic E-state index is 15.4. The molecule has 1 aliphatic heterocycles. The summed E-state index contributed by atoms with van der Waals surface area (Å²) in [5, 5.41) is 21.4. The summed E-state index contributed by atoms with van der Waals surface area (Å²) in [4.78, 5) is 25.3. The number of hydrogen-bond acceptors (Lipinski definition) is 6. The molecule has 32 heavy (non-hydrogen) atoms. The summed E-state index contributed by atoms with van der Waals surface area (Å²) in [5.74, 6) is -1.89. The van der Waals surface area contributed by atoms with Crippen molar-refractivity contribution in [1.82, 2.24) is 0 Å². The predicted octanol–water partition coefficient (Wildman–Crippen LogP) is 3.28. The van der Waals surface area contributed by atoms with E-state index in [1.807, 2.05) is 20.8 Å². The van der Waals surface area contributed by atoms with E-state index in [-0.39, 0.29) is 30.5 Å². The van der Waals surface area contributed by atoms with E-state index >= 15 is 4.39 Å². The van der Waals surface area contributed by atoms with Gasteiger partial charge in [-0.3, -0.25) is 9.59 Å². The summed E-state index contributed by atoms with van der Waals surface area (Å²) in [7, 11) is 0. The van der Waals surface area contributed by atoms with Crippen LogP contribution < -0.4 is 0 Å². The third kappa shape index (κ3) is 3.26. The van der Waals surface area contributed by atoms with E-state index in [1.54, 1.807) is 13.8 Å². The van der Waals surface area contributed by atoms with E-state index in [0.717, 1.165) is 0 Å². The smallest absolute Gasteiger partial charge is 0.193 e. The molecule has 7 heteroatoms. The number of halogens is 1. The maximum absolute atomic E-state index is 15.4. The Morgan fingerprint density at radius 3 is 2.56 bits per heavy atom. The lowest BCUT2D eigenvalue weighted by Gasteiger charge is -2.60. The van der Waals surface area contributed by atoms with Gasteiger partial charge in [0.2, 0.25) is 0 Å². The Morgan fingerprint density at radius 1 is 1.25 bits per heavy atom. The number of ketones is 2. The molecule has 0 spiro atoms. The van der Waals surface area contributed by atoms with Crippen LogP contribution in [0.4, 0.5) is 4.39 Å². The highest BCUT2D eigenvalue weighted by molar-refractivity contribution is 5.92. The summed E-state index contributed by atoms with van der Waals surface area (Å²) in [6.07, 6.45) is 1.21. The fourth-order valence-electron chi connectivity index (χ4n) is 7.78. The van der Waals surface area contributed by atoms with Crippen LogP contribution in [0.25, 0.3) is 0 Å². The third-order valence-electron chi connectivity index (χ3n) is 8.86. The fraction of sp³-hybridized carbons (Fsp3) is 0.840. The number of ether oxygens (including phenoxy) is 2. The first-order chi connectivity index (χ1) is 14.8. The first-order valence-corrected chi connectivity index (χ1v) is 11.9. The van der Waals surface area contributed by atoms with Crippen molar-refractivity contribution < 1.29 is 33.7 Å². The molecule has 1 heterocycles. The molecule has 0 bridgehead atoms. The van der Waals surface area contributed by atoms with Crippen molar-refractivity contribution in [3.8, 4) is 0 Å². The van der Waals surface area contributed by atoms with Crippen LogP contribution >= 0.6 is 0 Å². The zero-order valence-electron chi connectivity index (χ0n) is 19.8. The van der Waals surface area contributed by atoms with Gasteiger partial charge in [-0.2, -0.15) is 0 Å². The number of carbonyl (C=O) groups excluding carboxylic acids is 2. The summed E-state index contributed by atoms with van der Waals surface area (Å²) < 4.78 is 27.8. The van der Waals surface area contributed by atoms with Crippen molar-refractivity contribution in [1.29, 1.82) is 0 Å². The van der Waals surface area contributed by atoms with Crippen LogP contribution in [-0.4, -0.2) is 58.2 Å². The van der Waals surface area contributed by atoms with Gasteiger partial charge in [0.25, 0.3) is 0 Å². The lowest BCUT2D eigenvalue weighted by Crippen LogP contribution is -2.66. The van der Waals surface area contributed by atoms with Crippen molar-refractivity contribution in [2.45, 2.75) is 103 Å². The normalized spacial score (nSPS) is 48.1. The van der Waals surface area contributed by atoms with Crippen LogP contribution in [-0.2, 0) is 19.1 Å². The van der Waals surface area contributed by atoms with Crippen molar-refractivity contribution in [2.75, 3.05) is 6.61 Å². The molecule has 3 fully saturated rings. The van der Waals surface area contributed by atoms with Gasteiger partial charge in [-0.25, -0.2) is 4.39 Å². The lowest BCUT2D eigenvalue weighted by atomic mass is 9.46. The number of carbonyl (C=O) groups is 2. The van der Waals surface area contributed by atoms with E-state index in [1.165, 1.54) is 6.08 Å². The molecule has 1 unspecified atom stereocenters. The molecule has 4 rings (SSSR count). The Morgan fingerprint density at radius 2 is 1.94 bits per heavy atom. The number of alkyl halides is 1. The van der Waals surface area contributed by atoms with E-state index in [0.29, 0.717) is 31.3 Å². The number of hydrogen-bond donors (Lipinski definition) is 2. The molecule has 0 aromatic carbocycles. The van der Waals surface area contributed by atoms with Gasteiger partial charge < -0.3 is 19.7 Å². The fourth-order valence-corrected chi connectivity index (χ4v) is 7.78. The summed E-state index contributed by atoms with van der Waals surface area (Å²) in [6.45, 7) is 8.62. The number of rotatable bonds is 4. The zero-order valence-corrected chi connectivity index (χ0v) is 19.8. The van der Waals surface area contributed by atoms with E-state index < -0.39 is 53.0 Å². The van der Waals surface area contributed by atoms with Gasteiger partial charge in [-0.1, -0.05) is 20.8 Å². The molecular weight excluding hydrogens is 415 g/mol. The maximum Gasteiger partial charge on any atom is 0.193 e. The van der Waals surface area contributed by atoms with Gasteiger partial charge in [0, 0.05) is 11.8 Å². The summed E-state index contributed by atoms with van der Waals surface area (Å²) in [5.41, 5.74) is -2.32. The molecule has 3 aliphatic carbocycles. The molecule has 6 nitrogen and oxygen atoms in total. The van der Waals surface area contributed by atoms with Crippen LogP contribution in [0.15, 0.2) is 11.6 Å².